The van der Waals surface area contributed by atoms with E-state index in [-0.39, 0.29) is 18.2 Å². The molecule has 8 nitrogen and oxygen atoms in total. The number of hydrogen-bond acceptors (Lipinski definition) is 5. The summed E-state index contributed by atoms with van der Waals surface area (Å²) in [5.74, 6) is -0.392. The lowest BCUT2D eigenvalue weighted by atomic mass is 10.0. The quantitative estimate of drug-likeness (QED) is 0.626. The average molecular weight is 411 g/mol. The third-order valence-corrected chi connectivity index (χ3v) is 4.58. The zero-order valence-corrected chi connectivity index (χ0v) is 16.9. The second-order valence-electron chi connectivity index (χ2n) is 7.25. The van der Waals surface area contributed by atoms with Crippen LogP contribution in [-0.2, 0) is 16.0 Å². The summed E-state index contributed by atoms with van der Waals surface area (Å²) in [4.78, 5) is 37.3. The third-order valence-electron chi connectivity index (χ3n) is 4.58. The third kappa shape index (κ3) is 5.50. The van der Waals surface area contributed by atoms with Gasteiger partial charge in [-0.3, -0.25) is 25.2 Å². The van der Waals surface area contributed by atoms with Crippen LogP contribution in [0.2, 0.25) is 0 Å². The van der Waals surface area contributed by atoms with Crippen molar-refractivity contribution in [2.75, 3.05) is 13.2 Å². The van der Waals surface area contributed by atoms with Crippen LogP contribution < -0.4 is 25.6 Å². The number of ether oxygens (including phenoxy) is 2. The van der Waals surface area contributed by atoms with Gasteiger partial charge in [0.15, 0.2) is 11.5 Å². The fourth-order valence-electron chi connectivity index (χ4n) is 2.99. The molecule has 2 aromatic carbocycles. The Kier molecular flexibility index (Phi) is 6.90. The van der Waals surface area contributed by atoms with Gasteiger partial charge in [0, 0.05) is 5.56 Å². The van der Waals surface area contributed by atoms with Gasteiger partial charge in [0.1, 0.15) is 19.3 Å². The molecule has 0 bridgehead atoms. The van der Waals surface area contributed by atoms with Gasteiger partial charge in [-0.2, -0.15) is 0 Å². The minimum Gasteiger partial charge on any atom is -0.486 e. The highest BCUT2D eigenvalue weighted by Crippen LogP contribution is 2.30. The van der Waals surface area contributed by atoms with Gasteiger partial charge in [-0.25, -0.2) is 0 Å². The van der Waals surface area contributed by atoms with E-state index in [1.165, 1.54) is 0 Å². The second-order valence-corrected chi connectivity index (χ2v) is 7.25. The Bertz CT molecular complexity index is 914. The number of carbonyl (C=O) groups excluding carboxylic acids is 3. The summed E-state index contributed by atoms with van der Waals surface area (Å²) in [5, 5.41) is 2.73. The van der Waals surface area contributed by atoms with Crippen molar-refractivity contribution in [2.24, 2.45) is 5.92 Å². The molecular formula is C22H25N3O5. The van der Waals surface area contributed by atoms with Gasteiger partial charge >= 0.3 is 0 Å². The van der Waals surface area contributed by atoms with Crippen LogP contribution in [0, 0.1) is 5.92 Å². The summed E-state index contributed by atoms with van der Waals surface area (Å²) in [6, 6.07) is 13.2. The number of amides is 3. The molecule has 3 N–H and O–H groups in total. The Morgan fingerprint density at radius 3 is 2.33 bits per heavy atom. The van der Waals surface area contributed by atoms with E-state index in [2.05, 4.69) is 16.2 Å². The predicted octanol–water partition coefficient (Wildman–Crippen LogP) is 1.60. The molecule has 0 radical (unpaired) electrons. The number of rotatable bonds is 6. The van der Waals surface area contributed by atoms with Crippen LogP contribution in [0.25, 0.3) is 0 Å². The van der Waals surface area contributed by atoms with Gasteiger partial charge in [-0.15, -0.1) is 0 Å². The molecule has 1 aliphatic rings. The number of carbonyl (C=O) groups is 3. The van der Waals surface area contributed by atoms with E-state index in [1.54, 1.807) is 18.2 Å². The van der Waals surface area contributed by atoms with Gasteiger partial charge in [-0.05, 0) is 29.7 Å². The van der Waals surface area contributed by atoms with Crippen molar-refractivity contribution in [2.45, 2.75) is 26.3 Å². The number of hydrazine groups is 1. The average Bonchev–Trinajstić information content (AvgIpc) is 2.75. The molecule has 3 amide bonds. The molecule has 158 valence electrons. The molecule has 30 heavy (non-hydrogen) atoms. The number of benzene rings is 2. The SMILES string of the molecule is CC(C)[C@H](NC(=O)Cc1ccccc1)C(=O)NNC(=O)c1ccc2c(c1)OCCO2. The largest absolute Gasteiger partial charge is 0.486 e. The van der Waals surface area contributed by atoms with E-state index in [0.29, 0.717) is 30.3 Å². The van der Waals surface area contributed by atoms with Crippen LogP contribution in [-0.4, -0.2) is 37.0 Å². The van der Waals surface area contributed by atoms with Crippen LogP contribution >= 0.6 is 0 Å². The first-order chi connectivity index (χ1) is 14.4. The lowest BCUT2D eigenvalue weighted by molar-refractivity contribution is -0.130. The van der Waals surface area contributed by atoms with Gasteiger partial charge in [-0.1, -0.05) is 44.2 Å². The van der Waals surface area contributed by atoms with Crippen molar-refractivity contribution < 1.29 is 23.9 Å². The molecule has 0 fully saturated rings. The van der Waals surface area contributed by atoms with Gasteiger partial charge in [0.05, 0.1) is 6.42 Å². The predicted molar refractivity (Wildman–Crippen MR) is 110 cm³/mol. The van der Waals surface area contributed by atoms with Gasteiger partial charge in [0.25, 0.3) is 11.8 Å². The summed E-state index contributed by atoms with van der Waals surface area (Å²) < 4.78 is 10.9. The molecule has 1 heterocycles. The van der Waals surface area contributed by atoms with Crippen LogP contribution in [0.3, 0.4) is 0 Å². The standard InChI is InChI=1S/C22H25N3O5/c1-14(2)20(23-19(26)12-15-6-4-3-5-7-15)22(28)25-24-21(27)16-8-9-17-18(13-16)30-11-10-29-17/h3-9,13-14,20H,10-12H2,1-2H3,(H,23,26)(H,24,27)(H,25,28)/t20-/m0/s1. The molecule has 0 aromatic heterocycles. The van der Waals surface area contributed by atoms with E-state index in [9.17, 15) is 14.4 Å². The maximum Gasteiger partial charge on any atom is 0.269 e. The van der Waals surface area contributed by atoms with Crippen LogP contribution in [0.15, 0.2) is 48.5 Å². The highest BCUT2D eigenvalue weighted by molar-refractivity contribution is 5.97. The van der Waals surface area contributed by atoms with Crippen molar-refractivity contribution >= 4 is 17.7 Å². The van der Waals surface area contributed by atoms with E-state index < -0.39 is 17.9 Å². The minimum absolute atomic E-state index is 0.168. The summed E-state index contributed by atoms with van der Waals surface area (Å²) in [6.07, 6.45) is 0.168. The Morgan fingerprint density at radius 2 is 1.63 bits per heavy atom. The Labute approximate surface area is 174 Å². The molecule has 8 heteroatoms. The fraction of sp³-hybridized carbons (Fsp3) is 0.318. The van der Waals surface area contributed by atoms with Crippen molar-refractivity contribution in [3.63, 3.8) is 0 Å². The number of nitrogens with one attached hydrogen (secondary N) is 3. The monoisotopic (exact) mass is 411 g/mol. The molecule has 0 aliphatic carbocycles. The summed E-state index contributed by atoms with van der Waals surface area (Å²) in [7, 11) is 0. The maximum absolute atomic E-state index is 12.6. The molecular weight excluding hydrogens is 386 g/mol. The Balaban J connectivity index is 1.55. The first-order valence-electron chi connectivity index (χ1n) is 9.77. The summed E-state index contributed by atoms with van der Waals surface area (Å²) in [5.41, 5.74) is 5.93. The van der Waals surface area contributed by atoms with Crippen molar-refractivity contribution in [3.8, 4) is 11.5 Å². The highest BCUT2D eigenvalue weighted by atomic mass is 16.6. The van der Waals surface area contributed by atoms with Crippen molar-refractivity contribution in [1.82, 2.24) is 16.2 Å². The molecule has 0 saturated carbocycles. The molecule has 0 spiro atoms. The zero-order chi connectivity index (χ0) is 21.5. The normalized spacial score (nSPS) is 13.3. The van der Waals surface area contributed by atoms with E-state index in [0.717, 1.165) is 5.56 Å². The van der Waals surface area contributed by atoms with Crippen molar-refractivity contribution in [1.29, 1.82) is 0 Å². The lowest BCUT2D eigenvalue weighted by Gasteiger charge is -2.22. The maximum atomic E-state index is 12.6. The first kappa shape index (κ1) is 21.2. The van der Waals surface area contributed by atoms with Gasteiger partial charge in [0.2, 0.25) is 5.91 Å². The van der Waals surface area contributed by atoms with Crippen LogP contribution in [0.5, 0.6) is 11.5 Å². The Hall–Kier alpha value is -3.55. The first-order valence-corrected chi connectivity index (χ1v) is 9.77. The summed E-state index contributed by atoms with van der Waals surface area (Å²) >= 11 is 0. The summed E-state index contributed by atoms with van der Waals surface area (Å²) in [6.45, 7) is 4.50. The molecule has 1 aliphatic heterocycles. The molecule has 3 rings (SSSR count). The second kappa shape index (κ2) is 9.78. The van der Waals surface area contributed by atoms with Crippen LogP contribution in [0.1, 0.15) is 29.8 Å². The zero-order valence-electron chi connectivity index (χ0n) is 16.9. The molecule has 0 saturated heterocycles. The van der Waals surface area contributed by atoms with E-state index in [4.69, 9.17) is 9.47 Å². The highest BCUT2D eigenvalue weighted by Gasteiger charge is 2.25. The van der Waals surface area contributed by atoms with E-state index >= 15 is 0 Å². The van der Waals surface area contributed by atoms with Crippen LogP contribution in [0.4, 0.5) is 0 Å². The van der Waals surface area contributed by atoms with E-state index in [1.807, 2.05) is 44.2 Å². The smallest absolute Gasteiger partial charge is 0.269 e. The molecule has 2 aromatic rings. The Morgan fingerprint density at radius 1 is 0.933 bits per heavy atom. The fourth-order valence-corrected chi connectivity index (χ4v) is 2.99. The number of fused-ring (bicyclic) bond motifs is 1. The molecule has 0 unspecified atom stereocenters. The topological polar surface area (TPSA) is 106 Å². The minimum atomic E-state index is -0.790. The number of hydrogen-bond donors (Lipinski definition) is 3. The molecule has 1 atom stereocenters. The van der Waals surface area contributed by atoms with Crippen molar-refractivity contribution in [3.05, 3.63) is 59.7 Å². The van der Waals surface area contributed by atoms with Gasteiger partial charge < -0.3 is 14.8 Å². The lowest BCUT2D eigenvalue weighted by Crippen LogP contribution is -2.54.